The van der Waals surface area contributed by atoms with Gasteiger partial charge in [0.15, 0.2) is 0 Å². The van der Waals surface area contributed by atoms with E-state index in [0.717, 1.165) is 13.1 Å². The van der Waals surface area contributed by atoms with Crippen LogP contribution >= 0.6 is 0 Å². The van der Waals surface area contributed by atoms with Crippen molar-refractivity contribution in [2.75, 3.05) is 19.6 Å². The molecule has 0 fully saturated rings. The Balaban J connectivity index is 2.41. The van der Waals surface area contributed by atoms with Crippen molar-refractivity contribution < 1.29 is 9.18 Å². The highest BCUT2D eigenvalue weighted by atomic mass is 19.1. The molecule has 0 aliphatic heterocycles. The van der Waals surface area contributed by atoms with Gasteiger partial charge in [0.25, 0.3) is 0 Å². The Labute approximate surface area is 102 Å². The second-order valence-electron chi connectivity index (χ2n) is 3.83. The average Bonchev–Trinajstić information content (AvgIpc) is 2.35. The van der Waals surface area contributed by atoms with Crippen molar-refractivity contribution in [2.45, 2.75) is 20.4 Å². The van der Waals surface area contributed by atoms with Crippen LogP contribution in [-0.2, 0) is 11.3 Å². The molecule has 4 heteroatoms. The van der Waals surface area contributed by atoms with Crippen LogP contribution in [0.1, 0.15) is 19.4 Å². The molecule has 1 N–H and O–H groups in total. The molecule has 0 aliphatic rings. The van der Waals surface area contributed by atoms with E-state index in [-0.39, 0.29) is 18.3 Å². The summed E-state index contributed by atoms with van der Waals surface area (Å²) in [4.78, 5) is 13.6. The molecule has 1 aromatic rings. The van der Waals surface area contributed by atoms with Gasteiger partial charge in [0.2, 0.25) is 5.91 Å². The van der Waals surface area contributed by atoms with Crippen LogP contribution in [0.3, 0.4) is 0 Å². The van der Waals surface area contributed by atoms with Gasteiger partial charge in [-0.15, -0.1) is 0 Å². The lowest BCUT2D eigenvalue weighted by Gasteiger charge is -2.17. The van der Waals surface area contributed by atoms with Gasteiger partial charge in [0, 0.05) is 12.1 Å². The normalized spacial score (nSPS) is 10.6. The smallest absolute Gasteiger partial charge is 0.234 e. The second-order valence-corrected chi connectivity index (χ2v) is 3.83. The number of nitrogens with zero attached hydrogens (tertiary/aromatic N) is 1. The fourth-order valence-corrected chi connectivity index (χ4v) is 1.54. The maximum absolute atomic E-state index is 13.3. The third kappa shape index (κ3) is 4.53. The zero-order valence-electron chi connectivity index (χ0n) is 10.4. The van der Waals surface area contributed by atoms with Crippen LogP contribution < -0.4 is 5.32 Å². The molecule has 0 unspecified atom stereocenters. The Morgan fingerprint density at radius 2 is 1.94 bits per heavy atom. The van der Waals surface area contributed by atoms with Crippen molar-refractivity contribution >= 4 is 5.91 Å². The molecular weight excluding hydrogens is 219 g/mol. The maximum Gasteiger partial charge on any atom is 0.234 e. The van der Waals surface area contributed by atoms with Crippen molar-refractivity contribution in [1.29, 1.82) is 0 Å². The van der Waals surface area contributed by atoms with E-state index in [2.05, 4.69) is 5.32 Å². The molecule has 0 radical (unpaired) electrons. The van der Waals surface area contributed by atoms with Crippen LogP contribution in [-0.4, -0.2) is 30.4 Å². The van der Waals surface area contributed by atoms with Crippen molar-refractivity contribution in [1.82, 2.24) is 10.2 Å². The summed E-state index contributed by atoms with van der Waals surface area (Å²) >= 11 is 0. The first-order chi connectivity index (χ1) is 8.17. The van der Waals surface area contributed by atoms with Crippen LogP contribution in [0, 0.1) is 5.82 Å². The number of carbonyl (C=O) groups excluding carboxylic acids is 1. The molecule has 3 nitrogen and oxygen atoms in total. The van der Waals surface area contributed by atoms with Gasteiger partial charge in [0.05, 0.1) is 6.54 Å². The lowest BCUT2D eigenvalue weighted by atomic mass is 10.2. The van der Waals surface area contributed by atoms with E-state index in [1.54, 1.807) is 18.2 Å². The number of hydrogen-bond donors (Lipinski definition) is 1. The first-order valence-corrected chi connectivity index (χ1v) is 5.89. The predicted molar refractivity (Wildman–Crippen MR) is 66.0 cm³/mol. The summed E-state index contributed by atoms with van der Waals surface area (Å²) in [7, 11) is 0. The van der Waals surface area contributed by atoms with Gasteiger partial charge in [-0.2, -0.15) is 0 Å². The van der Waals surface area contributed by atoms with Gasteiger partial charge in [0.1, 0.15) is 5.82 Å². The molecule has 0 atom stereocenters. The Morgan fingerprint density at radius 3 is 2.53 bits per heavy atom. The maximum atomic E-state index is 13.3. The van der Waals surface area contributed by atoms with E-state index >= 15 is 0 Å². The molecule has 0 aromatic heterocycles. The Hall–Kier alpha value is -1.42. The van der Waals surface area contributed by atoms with Crippen LogP contribution in [0.25, 0.3) is 0 Å². The fraction of sp³-hybridized carbons (Fsp3) is 0.462. The summed E-state index contributed by atoms with van der Waals surface area (Å²) in [6, 6.07) is 6.46. The molecule has 1 amide bonds. The summed E-state index contributed by atoms with van der Waals surface area (Å²) in [6.07, 6.45) is 0. The summed E-state index contributed by atoms with van der Waals surface area (Å²) in [5, 5.41) is 2.72. The summed E-state index contributed by atoms with van der Waals surface area (Å²) in [6.45, 7) is 6.29. The number of hydrogen-bond acceptors (Lipinski definition) is 2. The predicted octanol–water partition coefficient (Wildman–Crippen LogP) is 1.78. The highest BCUT2D eigenvalue weighted by molar-refractivity contribution is 5.77. The van der Waals surface area contributed by atoms with E-state index in [0.29, 0.717) is 12.1 Å². The van der Waals surface area contributed by atoms with E-state index < -0.39 is 0 Å². The Bertz CT molecular complexity index is 364. The first-order valence-electron chi connectivity index (χ1n) is 5.89. The first kappa shape index (κ1) is 13.6. The van der Waals surface area contributed by atoms with E-state index in [1.165, 1.54) is 6.07 Å². The van der Waals surface area contributed by atoms with Crippen LogP contribution in [0.2, 0.25) is 0 Å². The zero-order valence-corrected chi connectivity index (χ0v) is 10.4. The van der Waals surface area contributed by atoms with E-state index in [9.17, 15) is 9.18 Å². The molecule has 0 bridgehead atoms. The lowest BCUT2D eigenvalue weighted by molar-refractivity contribution is -0.122. The van der Waals surface area contributed by atoms with Crippen molar-refractivity contribution in [3.8, 4) is 0 Å². The molecule has 0 saturated heterocycles. The number of likely N-dealkylation sites (N-methyl/N-ethyl adjacent to an activating group) is 1. The van der Waals surface area contributed by atoms with Crippen LogP contribution in [0.15, 0.2) is 24.3 Å². The summed E-state index contributed by atoms with van der Waals surface area (Å²) < 4.78 is 13.3. The summed E-state index contributed by atoms with van der Waals surface area (Å²) in [5.74, 6) is -0.354. The van der Waals surface area contributed by atoms with Crippen molar-refractivity contribution in [2.24, 2.45) is 0 Å². The van der Waals surface area contributed by atoms with Gasteiger partial charge >= 0.3 is 0 Å². The van der Waals surface area contributed by atoms with Crippen LogP contribution in [0.4, 0.5) is 4.39 Å². The van der Waals surface area contributed by atoms with Crippen molar-refractivity contribution in [3.63, 3.8) is 0 Å². The number of rotatable bonds is 6. The second kappa shape index (κ2) is 7.01. The minimum Gasteiger partial charge on any atom is -0.351 e. The Morgan fingerprint density at radius 1 is 1.29 bits per heavy atom. The summed E-state index contributed by atoms with van der Waals surface area (Å²) in [5.41, 5.74) is 0.514. The lowest BCUT2D eigenvalue weighted by Crippen LogP contribution is -2.36. The largest absolute Gasteiger partial charge is 0.351 e. The van der Waals surface area contributed by atoms with Crippen LogP contribution in [0.5, 0.6) is 0 Å². The third-order valence-corrected chi connectivity index (χ3v) is 2.70. The molecule has 1 rings (SSSR count). The highest BCUT2D eigenvalue weighted by Gasteiger charge is 2.07. The number of amides is 1. The van der Waals surface area contributed by atoms with Gasteiger partial charge in [-0.3, -0.25) is 9.69 Å². The molecule has 0 heterocycles. The minimum absolute atomic E-state index is 0.0723. The highest BCUT2D eigenvalue weighted by Crippen LogP contribution is 2.05. The van der Waals surface area contributed by atoms with E-state index in [4.69, 9.17) is 0 Å². The average molecular weight is 238 g/mol. The molecular formula is C13H19FN2O. The number of carbonyl (C=O) groups is 1. The molecule has 0 saturated carbocycles. The molecule has 0 spiro atoms. The quantitative estimate of drug-likeness (QED) is 0.819. The van der Waals surface area contributed by atoms with Gasteiger partial charge in [-0.25, -0.2) is 4.39 Å². The topological polar surface area (TPSA) is 32.3 Å². The monoisotopic (exact) mass is 238 g/mol. The van der Waals surface area contributed by atoms with Gasteiger partial charge in [-0.1, -0.05) is 32.0 Å². The standard InChI is InChI=1S/C13H19FN2O/c1-3-16(4-2)10-13(17)15-9-11-7-5-6-8-12(11)14/h5-8H,3-4,9-10H2,1-2H3,(H,15,17). The molecule has 0 aliphatic carbocycles. The number of halogens is 1. The van der Waals surface area contributed by atoms with Gasteiger partial charge < -0.3 is 5.32 Å². The molecule has 17 heavy (non-hydrogen) atoms. The van der Waals surface area contributed by atoms with Crippen molar-refractivity contribution in [3.05, 3.63) is 35.6 Å². The Kier molecular flexibility index (Phi) is 5.63. The molecule has 1 aromatic carbocycles. The minimum atomic E-state index is -0.282. The zero-order chi connectivity index (χ0) is 12.7. The SMILES string of the molecule is CCN(CC)CC(=O)NCc1ccccc1F. The third-order valence-electron chi connectivity index (χ3n) is 2.70. The number of benzene rings is 1. The van der Waals surface area contributed by atoms with Gasteiger partial charge in [-0.05, 0) is 19.2 Å². The van der Waals surface area contributed by atoms with E-state index in [1.807, 2.05) is 18.7 Å². The number of nitrogens with one attached hydrogen (secondary N) is 1. The fourth-order valence-electron chi connectivity index (χ4n) is 1.54. The molecule has 94 valence electrons.